The predicted molar refractivity (Wildman–Crippen MR) is 185 cm³/mol. The summed E-state index contributed by atoms with van der Waals surface area (Å²) in [5, 5.41) is 24.7. The molecule has 0 amide bonds. The Balaban J connectivity index is 2.11. The maximum atomic E-state index is 12.4. The third-order valence-corrected chi connectivity index (χ3v) is 13.1. The van der Waals surface area contributed by atoms with Gasteiger partial charge < -0.3 is 10.8 Å². The first-order valence-electron chi connectivity index (χ1n) is 13.4. The summed E-state index contributed by atoms with van der Waals surface area (Å²) in [7, 11) is -30.8. The first-order chi connectivity index (χ1) is 24.5. The smallest absolute Gasteiger partial charge is 0.296 e. The normalized spacial score (nSPS) is 13.5. The zero-order valence-corrected chi connectivity index (χ0v) is 31.0. The van der Waals surface area contributed by atoms with Gasteiger partial charge in [-0.15, -0.1) is 15.3 Å². The number of phenols is 1. The van der Waals surface area contributed by atoms with Crippen molar-refractivity contribution in [3.05, 3.63) is 72.5 Å². The van der Waals surface area contributed by atoms with Crippen molar-refractivity contribution in [2.24, 2.45) is 20.5 Å². The van der Waals surface area contributed by atoms with Crippen LogP contribution >= 0.6 is 0 Å². The van der Waals surface area contributed by atoms with Gasteiger partial charge in [0.25, 0.3) is 40.5 Å². The molecular formula is C26H21N5O17S6. The number of sulfone groups is 2. The second-order valence-corrected chi connectivity index (χ2v) is 19.6. The molecule has 0 saturated carbocycles. The molecule has 0 fully saturated rings. The number of rotatable bonds is 12. The van der Waals surface area contributed by atoms with E-state index in [0.717, 1.165) is 24.3 Å². The van der Waals surface area contributed by atoms with Crippen LogP contribution in [0.25, 0.3) is 10.8 Å². The molecule has 28 heteroatoms. The summed E-state index contributed by atoms with van der Waals surface area (Å²) >= 11 is 0. The predicted octanol–water partition coefficient (Wildman–Crippen LogP) is 3.78. The summed E-state index contributed by atoms with van der Waals surface area (Å²) in [4.78, 5) is -7.27. The fourth-order valence-electron chi connectivity index (χ4n) is 4.42. The van der Waals surface area contributed by atoms with Gasteiger partial charge in [-0.05, 0) is 53.9 Å². The van der Waals surface area contributed by atoms with E-state index in [1.807, 2.05) is 0 Å². The maximum absolute atomic E-state index is 12.4. The third-order valence-electron chi connectivity index (χ3n) is 6.89. The van der Waals surface area contributed by atoms with Crippen molar-refractivity contribution in [3.63, 3.8) is 0 Å². The van der Waals surface area contributed by atoms with Crippen molar-refractivity contribution in [2.45, 2.75) is 29.4 Å². The zero-order chi connectivity index (χ0) is 41.0. The quantitative estimate of drug-likeness (QED) is 0.0670. The average molecular weight is 868 g/mol. The molecule has 54 heavy (non-hydrogen) atoms. The van der Waals surface area contributed by atoms with Crippen LogP contribution in [0.15, 0.2) is 122 Å². The summed E-state index contributed by atoms with van der Waals surface area (Å²) in [6.45, 7) is 6.15. The second-order valence-electron chi connectivity index (χ2n) is 10.3. The summed E-state index contributed by atoms with van der Waals surface area (Å²) in [5.41, 5.74) is 1.20. The van der Waals surface area contributed by atoms with E-state index in [1.165, 1.54) is 0 Å². The molecule has 7 N–H and O–H groups in total. The highest BCUT2D eigenvalue weighted by molar-refractivity contribution is 7.94. The first-order valence-corrected chi connectivity index (χ1v) is 22.3. The molecule has 22 nitrogen and oxygen atoms in total. The van der Waals surface area contributed by atoms with Gasteiger partial charge in [0.05, 0.1) is 26.6 Å². The van der Waals surface area contributed by atoms with Crippen molar-refractivity contribution < 1.29 is 73.8 Å². The van der Waals surface area contributed by atoms with Crippen molar-refractivity contribution in [1.29, 1.82) is 0 Å². The van der Waals surface area contributed by atoms with Crippen LogP contribution in [0.4, 0.5) is 28.4 Å². The number of nitrogens with zero attached hydrogens (tertiary/aromatic N) is 4. The molecule has 0 aliphatic carbocycles. The van der Waals surface area contributed by atoms with E-state index in [-0.39, 0.29) is 28.1 Å². The summed E-state index contributed by atoms with van der Waals surface area (Å²) < 4.78 is 187. The number of nitrogen functional groups attached to an aromatic ring is 1. The van der Waals surface area contributed by atoms with E-state index in [4.69, 9.17) is 5.73 Å². The van der Waals surface area contributed by atoms with Gasteiger partial charge in [0, 0.05) is 10.8 Å². The minimum absolute atomic E-state index is 0.129. The second kappa shape index (κ2) is 14.0. The van der Waals surface area contributed by atoms with Gasteiger partial charge in [-0.1, -0.05) is 13.2 Å². The van der Waals surface area contributed by atoms with Gasteiger partial charge in [-0.3, -0.25) is 18.2 Å². The van der Waals surface area contributed by atoms with Crippen molar-refractivity contribution in [3.8, 4) is 5.75 Å². The molecule has 4 aromatic rings. The SMILES string of the molecule is C=CS(=O)(=O)c1ccc(N=Nc2c(S(=O)(=O)O)cc3cc(S(=O)(=O)O)c(N=Nc4c(S(=O)(=O)O)cc(S(=O)(=O)C=C)cc4S(=O)(=O)O)c(O)c3c2N)cc1. The molecule has 0 unspecified atom stereocenters. The lowest BCUT2D eigenvalue weighted by atomic mass is 10.1. The van der Waals surface area contributed by atoms with Crippen LogP contribution in [0, 0.1) is 0 Å². The van der Waals surface area contributed by atoms with Gasteiger partial charge in [-0.25, -0.2) is 16.8 Å². The molecule has 0 atom stereocenters. The molecule has 4 aromatic carbocycles. The standard InChI is InChI=1S/C26H21N5O17S6/c1-3-49(33,34)15-7-5-14(6-8-15)28-30-24-17(51(37,38)39)9-13-10-18(52(40,41)42)25(26(32)21(13)22(24)27)31-29-23-19(53(43,44)45)11-16(50(35,36)4-2)12-20(23)54(46,47)48/h3-12,32H,1-2,27H2,(H,37,38,39)(H,40,41,42)(H,43,44,45)(H,46,47,48). The Labute approximate surface area is 305 Å². The fourth-order valence-corrected chi connectivity index (χ4v) is 8.77. The van der Waals surface area contributed by atoms with Crippen LogP contribution in [-0.4, -0.2) is 73.8 Å². The Morgan fingerprint density at radius 1 is 0.519 bits per heavy atom. The van der Waals surface area contributed by atoms with E-state index in [9.17, 15) is 73.8 Å². The molecule has 0 aliphatic rings. The molecule has 0 spiro atoms. The van der Waals surface area contributed by atoms with Gasteiger partial charge in [-0.2, -0.15) is 38.8 Å². The van der Waals surface area contributed by atoms with E-state index < -0.39 is 124 Å². The van der Waals surface area contributed by atoms with Crippen LogP contribution < -0.4 is 5.73 Å². The Morgan fingerprint density at radius 3 is 1.31 bits per heavy atom. The number of anilines is 1. The zero-order valence-electron chi connectivity index (χ0n) is 26.1. The molecule has 0 saturated heterocycles. The Hall–Kier alpha value is -5.04. The van der Waals surface area contributed by atoms with Crippen LogP contribution in [0.5, 0.6) is 5.75 Å². The highest BCUT2D eigenvalue weighted by atomic mass is 32.2. The van der Waals surface area contributed by atoms with E-state index >= 15 is 0 Å². The highest BCUT2D eigenvalue weighted by Gasteiger charge is 2.31. The van der Waals surface area contributed by atoms with E-state index in [2.05, 4.69) is 33.6 Å². The molecule has 0 bridgehead atoms. The summed E-state index contributed by atoms with van der Waals surface area (Å²) in [6.07, 6.45) is 0. The minimum Gasteiger partial charge on any atom is -0.505 e. The number of hydrogen-bond donors (Lipinski definition) is 6. The van der Waals surface area contributed by atoms with Gasteiger partial charge in [0.15, 0.2) is 25.4 Å². The largest absolute Gasteiger partial charge is 0.505 e. The van der Waals surface area contributed by atoms with Crippen LogP contribution in [-0.2, 0) is 60.1 Å². The Kier molecular flexibility index (Phi) is 10.8. The maximum Gasteiger partial charge on any atom is 0.296 e. The minimum atomic E-state index is -5.68. The number of fused-ring (bicyclic) bond motifs is 1. The Morgan fingerprint density at radius 2 is 0.889 bits per heavy atom. The summed E-state index contributed by atoms with van der Waals surface area (Å²) in [5.74, 6) is -1.42. The van der Waals surface area contributed by atoms with Gasteiger partial charge >= 0.3 is 0 Å². The van der Waals surface area contributed by atoms with Crippen LogP contribution in [0.3, 0.4) is 0 Å². The molecule has 0 aliphatic heterocycles. The number of azo groups is 2. The molecule has 288 valence electrons. The number of nitrogens with two attached hydrogens (primary N) is 1. The highest BCUT2D eigenvalue weighted by Crippen LogP contribution is 2.49. The van der Waals surface area contributed by atoms with Crippen molar-refractivity contribution in [1.82, 2.24) is 0 Å². The summed E-state index contributed by atoms with van der Waals surface area (Å²) in [6, 6.07) is 5.62. The number of phenolic OH excluding ortho intramolecular Hbond substituents is 1. The lowest BCUT2D eigenvalue weighted by Gasteiger charge is -2.14. The average Bonchev–Trinajstić information content (AvgIpc) is 3.05. The lowest BCUT2D eigenvalue weighted by molar-refractivity contribution is 0.471. The van der Waals surface area contributed by atoms with Crippen molar-refractivity contribution >= 4 is 99.4 Å². The fraction of sp³-hybridized carbons (Fsp3) is 0. The number of hydrogen-bond acceptors (Lipinski definition) is 18. The topological polar surface area (TPSA) is 381 Å². The Bertz CT molecular complexity index is 3000. The molecule has 0 radical (unpaired) electrons. The van der Waals surface area contributed by atoms with E-state index in [1.54, 1.807) is 0 Å². The molecular weight excluding hydrogens is 847 g/mol. The monoisotopic (exact) mass is 867 g/mol. The molecule has 4 rings (SSSR count). The van der Waals surface area contributed by atoms with Crippen LogP contribution in [0.2, 0.25) is 0 Å². The lowest BCUT2D eigenvalue weighted by Crippen LogP contribution is -2.08. The first kappa shape index (κ1) is 41.7. The van der Waals surface area contributed by atoms with Crippen molar-refractivity contribution in [2.75, 3.05) is 5.73 Å². The van der Waals surface area contributed by atoms with Gasteiger partial charge in [0.2, 0.25) is 0 Å². The molecule has 0 heterocycles. The van der Waals surface area contributed by atoms with E-state index in [0.29, 0.717) is 17.5 Å². The van der Waals surface area contributed by atoms with Gasteiger partial charge in [0.1, 0.15) is 36.6 Å². The number of benzene rings is 4. The molecule has 0 aromatic heterocycles. The van der Waals surface area contributed by atoms with Crippen LogP contribution in [0.1, 0.15) is 0 Å². The third kappa shape index (κ3) is 8.36. The number of aromatic hydroxyl groups is 1.